The molecule has 0 atom stereocenters. The van der Waals surface area contributed by atoms with Gasteiger partial charge in [0.25, 0.3) is 0 Å². The third kappa shape index (κ3) is 4.51. The number of nitrogens with zero attached hydrogens (tertiary/aromatic N) is 1. The molecule has 1 amide bonds. The van der Waals surface area contributed by atoms with E-state index in [4.69, 9.17) is 9.47 Å². The van der Waals surface area contributed by atoms with Crippen molar-refractivity contribution in [3.05, 3.63) is 27.3 Å². The van der Waals surface area contributed by atoms with Gasteiger partial charge in [0.05, 0.1) is 10.7 Å². The summed E-state index contributed by atoms with van der Waals surface area (Å²) in [6.45, 7) is 6.29. The van der Waals surface area contributed by atoms with Crippen molar-refractivity contribution >= 4 is 28.7 Å². The summed E-state index contributed by atoms with van der Waals surface area (Å²) >= 11 is 2.25. The highest BCUT2D eigenvalue weighted by Gasteiger charge is 2.32. The number of carbonyl (C=O) groups is 1. The zero-order chi connectivity index (χ0) is 16.3. The maximum Gasteiger partial charge on any atom is 0.410 e. The summed E-state index contributed by atoms with van der Waals surface area (Å²) in [6, 6.07) is 6.33. The van der Waals surface area contributed by atoms with E-state index in [1.807, 2.05) is 37.8 Å². The molecule has 4 nitrogen and oxygen atoms in total. The van der Waals surface area contributed by atoms with E-state index in [1.54, 1.807) is 7.11 Å². The van der Waals surface area contributed by atoms with Crippen LogP contribution in [0, 0.1) is 3.57 Å². The number of hydrogen-bond acceptors (Lipinski definition) is 3. The van der Waals surface area contributed by atoms with Gasteiger partial charge in [-0.1, -0.05) is 6.07 Å². The van der Waals surface area contributed by atoms with Crippen molar-refractivity contribution in [1.82, 2.24) is 4.90 Å². The van der Waals surface area contributed by atoms with Crippen LogP contribution in [0.15, 0.2) is 18.2 Å². The van der Waals surface area contributed by atoms with E-state index in [-0.39, 0.29) is 6.09 Å². The van der Waals surface area contributed by atoms with E-state index in [0.717, 1.165) is 27.7 Å². The Morgan fingerprint density at radius 3 is 2.50 bits per heavy atom. The van der Waals surface area contributed by atoms with Crippen molar-refractivity contribution in [2.75, 3.05) is 7.11 Å². The van der Waals surface area contributed by atoms with Gasteiger partial charge in [-0.2, -0.15) is 0 Å². The highest BCUT2D eigenvalue weighted by molar-refractivity contribution is 14.1. The van der Waals surface area contributed by atoms with Gasteiger partial charge in [-0.3, -0.25) is 0 Å². The fourth-order valence-electron chi connectivity index (χ4n) is 2.37. The maximum atomic E-state index is 12.5. The van der Waals surface area contributed by atoms with E-state index in [9.17, 15) is 4.79 Å². The minimum atomic E-state index is -0.465. The van der Waals surface area contributed by atoms with Gasteiger partial charge in [0.15, 0.2) is 0 Å². The molecule has 0 radical (unpaired) electrons. The second-order valence-corrected chi connectivity index (χ2v) is 7.82. The molecule has 1 aromatic carbocycles. The molecule has 0 aliphatic heterocycles. The summed E-state index contributed by atoms with van der Waals surface area (Å²) in [6.07, 6.45) is 3.09. The summed E-state index contributed by atoms with van der Waals surface area (Å²) in [5, 5.41) is 0. The first-order valence-electron chi connectivity index (χ1n) is 7.62. The Labute approximate surface area is 146 Å². The first kappa shape index (κ1) is 17.4. The second kappa shape index (κ2) is 7.06. The highest BCUT2D eigenvalue weighted by atomic mass is 127. The molecule has 0 heterocycles. The molecule has 0 unspecified atom stereocenters. The predicted octanol–water partition coefficient (Wildman–Crippen LogP) is 4.59. The number of ether oxygens (including phenoxy) is 2. The average Bonchev–Trinajstić information content (AvgIpc) is 2.34. The number of carbonyl (C=O) groups excluding carboxylic acids is 1. The molecule has 0 N–H and O–H groups in total. The van der Waals surface area contributed by atoms with Gasteiger partial charge in [-0.05, 0) is 80.3 Å². The van der Waals surface area contributed by atoms with Crippen LogP contribution in [0.5, 0.6) is 5.75 Å². The smallest absolute Gasteiger partial charge is 0.410 e. The lowest BCUT2D eigenvalue weighted by Crippen LogP contribution is -2.46. The zero-order valence-electron chi connectivity index (χ0n) is 13.7. The Hall–Kier alpha value is -0.980. The van der Waals surface area contributed by atoms with Crippen molar-refractivity contribution < 1.29 is 14.3 Å². The van der Waals surface area contributed by atoms with Gasteiger partial charge in [-0.25, -0.2) is 4.79 Å². The molecule has 0 saturated heterocycles. The minimum absolute atomic E-state index is 0.219. The van der Waals surface area contributed by atoms with Crippen molar-refractivity contribution in [3.63, 3.8) is 0 Å². The number of hydrogen-bond donors (Lipinski definition) is 0. The lowest BCUT2D eigenvalue weighted by molar-refractivity contribution is 0.00461. The molecule has 2 rings (SSSR count). The fraction of sp³-hybridized carbons (Fsp3) is 0.588. The topological polar surface area (TPSA) is 38.8 Å². The Morgan fingerprint density at radius 2 is 2.05 bits per heavy atom. The highest BCUT2D eigenvalue weighted by Crippen LogP contribution is 2.29. The van der Waals surface area contributed by atoms with Crippen molar-refractivity contribution in [2.24, 2.45) is 0 Å². The van der Waals surface area contributed by atoms with Gasteiger partial charge in [0, 0.05) is 12.6 Å². The normalized spacial score (nSPS) is 15.1. The second-order valence-electron chi connectivity index (χ2n) is 6.66. The van der Waals surface area contributed by atoms with Gasteiger partial charge >= 0.3 is 6.09 Å². The third-order valence-electron chi connectivity index (χ3n) is 3.71. The zero-order valence-corrected chi connectivity index (χ0v) is 15.8. The molecule has 1 saturated carbocycles. The monoisotopic (exact) mass is 417 g/mol. The van der Waals surface area contributed by atoms with E-state index in [1.165, 1.54) is 6.42 Å². The lowest BCUT2D eigenvalue weighted by atomic mass is 9.91. The van der Waals surface area contributed by atoms with E-state index < -0.39 is 5.60 Å². The Kier molecular flexibility index (Phi) is 5.58. The molecule has 1 aliphatic rings. The van der Waals surface area contributed by atoms with Crippen LogP contribution >= 0.6 is 22.6 Å². The van der Waals surface area contributed by atoms with E-state index >= 15 is 0 Å². The molecule has 122 valence electrons. The number of amides is 1. The Bertz CT molecular complexity index is 535. The van der Waals surface area contributed by atoms with E-state index in [0.29, 0.717) is 12.6 Å². The van der Waals surface area contributed by atoms with Crippen LogP contribution in [0.3, 0.4) is 0 Å². The van der Waals surface area contributed by atoms with Crippen molar-refractivity contribution in [1.29, 1.82) is 0 Å². The summed E-state index contributed by atoms with van der Waals surface area (Å²) in [4.78, 5) is 14.4. The summed E-state index contributed by atoms with van der Waals surface area (Å²) < 4.78 is 11.9. The number of methoxy groups -OCH3 is 1. The van der Waals surface area contributed by atoms with Crippen LogP contribution in [-0.4, -0.2) is 29.7 Å². The quantitative estimate of drug-likeness (QED) is 0.673. The first-order chi connectivity index (χ1) is 10.3. The van der Waals surface area contributed by atoms with Gasteiger partial charge < -0.3 is 14.4 Å². The number of halogens is 1. The van der Waals surface area contributed by atoms with Crippen LogP contribution in [0.2, 0.25) is 0 Å². The van der Waals surface area contributed by atoms with Crippen LogP contribution < -0.4 is 4.74 Å². The average molecular weight is 417 g/mol. The molecular formula is C17H24INO3. The van der Waals surface area contributed by atoms with Gasteiger partial charge in [0.1, 0.15) is 11.4 Å². The van der Waals surface area contributed by atoms with Crippen molar-refractivity contribution in [3.8, 4) is 5.75 Å². The minimum Gasteiger partial charge on any atom is -0.496 e. The molecule has 1 aromatic rings. The SMILES string of the molecule is COc1ccc(CN(C(=O)OC(C)(C)C)C2CCC2)cc1I. The van der Waals surface area contributed by atoms with Crippen LogP contribution in [0.1, 0.15) is 45.6 Å². The van der Waals surface area contributed by atoms with Crippen molar-refractivity contribution in [2.45, 2.75) is 58.2 Å². The summed E-state index contributed by atoms with van der Waals surface area (Å²) in [7, 11) is 1.67. The third-order valence-corrected chi connectivity index (χ3v) is 4.56. The molecule has 0 aromatic heterocycles. The fourth-order valence-corrected chi connectivity index (χ4v) is 3.17. The number of benzene rings is 1. The molecule has 22 heavy (non-hydrogen) atoms. The number of rotatable bonds is 4. The summed E-state index contributed by atoms with van der Waals surface area (Å²) in [5.41, 5.74) is 0.635. The first-order valence-corrected chi connectivity index (χ1v) is 8.70. The van der Waals surface area contributed by atoms with Crippen LogP contribution in [-0.2, 0) is 11.3 Å². The molecule has 1 aliphatic carbocycles. The van der Waals surface area contributed by atoms with Gasteiger partial charge in [-0.15, -0.1) is 0 Å². The van der Waals surface area contributed by atoms with Crippen LogP contribution in [0.25, 0.3) is 0 Å². The molecule has 0 bridgehead atoms. The largest absolute Gasteiger partial charge is 0.496 e. The predicted molar refractivity (Wildman–Crippen MR) is 95.1 cm³/mol. The summed E-state index contributed by atoms with van der Waals surface area (Å²) in [5.74, 6) is 0.858. The Balaban J connectivity index is 2.13. The lowest BCUT2D eigenvalue weighted by Gasteiger charge is -2.38. The van der Waals surface area contributed by atoms with E-state index in [2.05, 4.69) is 28.7 Å². The van der Waals surface area contributed by atoms with Gasteiger partial charge in [0.2, 0.25) is 0 Å². The molecule has 1 fully saturated rings. The van der Waals surface area contributed by atoms with Crippen LogP contribution in [0.4, 0.5) is 4.79 Å². The Morgan fingerprint density at radius 1 is 1.36 bits per heavy atom. The molecule has 5 heteroatoms. The maximum absolute atomic E-state index is 12.5. The standard InChI is InChI=1S/C17H24INO3/c1-17(2,3)22-16(20)19(13-6-5-7-13)11-12-8-9-15(21-4)14(18)10-12/h8-10,13H,5-7,11H2,1-4H3. The molecular weight excluding hydrogens is 393 g/mol. The molecule has 0 spiro atoms.